The first-order valence-corrected chi connectivity index (χ1v) is 16.0. The second kappa shape index (κ2) is 16.4. The highest BCUT2D eigenvalue weighted by Gasteiger charge is 2.42. The van der Waals surface area contributed by atoms with E-state index in [0.717, 1.165) is 38.8 Å². The van der Waals surface area contributed by atoms with Crippen molar-refractivity contribution in [2.45, 2.75) is 75.8 Å². The lowest BCUT2D eigenvalue weighted by Gasteiger charge is -2.33. The molecule has 5 amide bonds. The minimum Gasteiger partial charge on any atom is -0.480 e. The molecule has 1 aliphatic rings. The van der Waals surface area contributed by atoms with Crippen molar-refractivity contribution in [1.29, 1.82) is 0 Å². The summed E-state index contributed by atoms with van der Waals surface area (Å²) >= 11 is 0. The standard InChI is InChI=1S/C32H41N9O11/c1-14(33)28(47)40(4)16(3)23(27(46)35-13-21-24(43)25(44)29(52-21)41-10-9-22(42)38-32(41)51)39-26(45)15(2)36-31(50)37-20(30(48)49)11-17-12-34-19-8-6-5-7-18(17)19/h5-10,12-16,20,23-25,29,34,43-44H,11,33H2,1-4H3,(H,35,46)(H,39,45)(H,48,49)(H2,36,37,50)(H,38,42,51)/b21-13-/t14-,15+,16+,20+,23-,24-,25-,29-/m1/s1. The van der Waals surface area contributed by atoms with Gasteiger partial charge in [-0.1, -0.05) is 18.2 Å². The molecule has 1 fully saturated rings. The number of aromatic amines is 2. The molecular weight excluding hydrogens is 686 g/mol. The number of hydrogen-bond donors (Lipinski definition) is 10. The van der Waals surface area contributed by atoms with Gasteiger partial charge in [0, 0.05) is 49.0 Å². The van der Waals surface area contributed by atoms with Crippen LogP contribution in [0.15, 0.2) is 64.3 Å². The zero-order valence-electron chi connectivity index (χ0n) is 28.5. The van der Waals surface area contributed by atoms with Crippen molar-refractivity contribution in [1.82, 2.24) is 40.7 Å². The van der Waals surface area contributed by atoms with Gasteiger partial charge in [0.1, 0.15) is 36.1 Å². The van der Waals surface area contributed by atoms with Crippen LogP contribution in [0.4, 0.5) is 4.79 Å². The lowest BCUT2D eigenvalue weighted by atomic mass is 10.1. The van der Waals surface area contributed by atoms with Crippen molar-refractivity contribution in [2.24, 2.45) is 5.73 Å². The van der Waals surface area contributed by atoms with E-state index in [-0.39, 0.29) is 12.2 Å². The molecule has 1 saturated heterocycles. The number of benzene rings is 1. The fraction of sp³-hybridized carbons (Fsp3) is 0.406. The number of nitrogens with two attached hydrogens (primary N) is 1. The van der Waals surface area contributed by atoms with Gasteiger partial charge in [0.15, 0.2) is 0 Å². The molecule has 20 heteroatoms. The molecule has 3 aromatic rings. The molecule has 0 unspecified atom stereocenters. The number of hydrogen-bond acceptors (Lipinski definition) is 11. The van der Waals surface area contributed by atoms with Gasteiger partial charge in [-0.15, -0.1) is 0 Å². The average Bonchev–Trinajstić information content (AvgIpc) is 3.63. The number of para-hydroxylation sites is 1. The highest BCUT2D eigenvalue weighted by Crippen LogP contribution is 2.30. The maximum Gasteiger partial charge on any atom is 0.331 e. The molecule has 0 bridgehead atoms. The van der Waals surface area contributed by atoms with Crippen molar-refractivity contribution in [2.75, 3.05) is 7.05 Å². The lowest BCUT2D eigenvalue weighted by molar-refractivity contribution is -0.139. The van der Waals surface area contributed by atoms with Gasteiger partial charge in [0.2, 0.25) is 23.9 Å². The fourth-order valence-corrected chi connectivity index (χ4v) is 5.42. The molecule has 11 N–H and O–H groups in total. The predicted octanol–water partition coefficient (Wildman–Crippen LogP) is -2.71. The Morgan fingerprint density at radius 3 is 2.38 bits per heavy atom. The number of aliphatic hydroxyl groups excluding tert-OH is 2. The van der Waals surface area contributed by atoms with Gasteiger partial charge in [0.05, 0.1) is 12.1 Å². The molecule has 0 aliphatic carbocycles. The van der Waals surface area contributed by atoms with E-state index in [0.29, 0.717) is 5.56 Å². The van der Waals surface area contributed by atoms with Crippen molar-refractivity contribution < 1.29 is 44.0 Å². The molecule has 52 heavy (non-hydrogen) atoms. The Kier molecular flexibility index (Phi) is 12.2. The largest absolute Gasteiger partial charge is 0.480 e. The van der Waals surface area contributed by atoms with Gasteiger partial charge in [-0.05, 0) is 32.4 Å². The number of amides is 5. The van der Waals surface area contributed by atoms with Crippen LogP contribution in [-0.4, -0.2) is 114 Å². The number of ether oxygens (including phenoxy) is 1. The maximum absolute atomic E-state index is 13.5. The third kappa shape index (κ3) is 8.83. The van der Waals surface area contributed by atoms with Crippen LogP contribution in [0.3, 0.4) is 0 Å². The summed E-state index contributed by atoms with van der Waals surface area (Å²) in [5.41, 5.74) is 5.52. The topological polar surface area (TPSA) is 303 Å². The number of rotatable bonds is 13. The van der Waals surface area contributed by atoms with E-state index in [4.69, 9.17) is 10.5 Å². The van der Waals surface area contributed by atoms with Crippen LogP contribution in [0.2, 0.25) is 0 Å². The second-order valence-electron chi connectivity index (χ2n) is 12.3. The molecule has 2 aromatic heterocycles. The minimum absolute atomic E-state index is 0.0691. The SMILES string of the molecule is C[C@H](NC(=O)N[C@@H](Cc1c[nH]c2ccccc12)C(=O)O)C(=O)N[C@@H](C(=O)N/C=C1\O[C@@H](n2ccc(=O)[nH]c2=O)[C@H](O)[C@@H]1O)[C@H](C)N(C)C(=O)[C@@H](C)N. The zero-order chi connectivity index (χ0) is 38.4. The molecule has 1 aliphatic heterocycles. The van der Waals surface area contributed by atoms with E-state index < -0.39 is 89.6 Å². The van der Waals surface area contributed by atoms with Crippen molar-refractivity contribution in [3.05, 3.63) is 81.1 Å². The number of carbonyl (C=O) groups is 5. The summed E-state index contributed by atoms with van der Waals surface area (Å²) < 4.78 is 6.31. The second-order valence-corrected chi connectivity index (χ2v) is 12.3. The minimum atomic E-state index is -1.73. The number of fused-ring (bicyclic) bond motifs is 1. The number of carbonyl (C=O) groups excluding carboxylic acids is 4. The highest BCUT2D eigenvalue weighted by atomic mass is 16.6. The van der Waals surface area contributed by atoms with Gasteiger partial charge in [-0.25, -0.2) is 14.4 Å². The molecule has 280 valence electrons. The number of likely N-dealkylation sites (N-methyl/N-ethyl adjacent to an activating group) is 1. The van der Waals surface area contributed by atoms with Crippen LogP contribution in [-0.2, 0) is 30.3 Å². The third-order valence-electron chi connectivity index (χ3n) is 8.50. The van der Waals surface area contributed by atoms with E-state index in [1.54, 1.807) is 18.3 Å². The molecule has 4 rings (SSSR count). The summed E-state index contributed by atoms with van der Waals surface area (Å²) in [4.78, 5) is 94.1. The van der Waals surface area contributed by atoms with E-state index in [2.05, 4.69) is 26.3 Å². The van der Waals surface area contributed by atoms with Crippen LogP contribution in [0, 0.1) is 0 Å². The van der Waals surface area contributed by atoms with Gasteiger partial charge >= 0.3 is 17.7 Å². The first-order chi connectivity index (χ1) is 24.5. The number of carboxylic acid groups (broad SMARTS) is 1. The molecular formula is C32H41N9O11. The number of nitrogens with one attached hydrogen (secondary N) is 6. The third-order valence-corrected chi connectivity index (χ3v) is 8.50. The molecule has 0 radical (unpaired) electrons. The van der Waals surface area contributed by atoms with Gasteiger partial charge in [-0.2, -0.15) is 0 Å². The quantitative estimate of drug-likeness (QED) is 0.0860. The first kappa shape index (κ1) is 38.8. The molecule has 1 aromatic carbocycles. The number of urea groups is 1. The normalized spacial score (nSPS) is 20.5. The van der Waals surface area contributed by atoms with Crippen LogP contribution >= 0.6 is 0 Å². The summed E-state index contributed by atoms with van der Waals surface area (Å²) in [5, 5.41) is 41.1. The lowest BCUT2D eigenvalue weighted by Crippen LogP contribution is -2.61. The summed E-state index contributed by atoms with van der Waals surface area (Å²) in [6.45, 7) is 4.14. The number of aliphatic hydroxyl groups is 2. The van der Waals surface area contributed by atoms with Gasteiger partial charge in [-0.3, -0.25) is 28.7 Å². The fourth-order valence-electron chi connectivity index (χ4n) is 5.42. The smallest absolute Gasteiger partial charge is 0.331 e. The molecule has 0 spiro atoms. The number of H-pyrrole nitrogens is 2. The molecule has 0 saturated carbocycles. The number of carboxylic acids is 1. The summed E-state index contributed by atoms with van der Waals surface area (Å²) in [6, 6.07) is 0.994. The van der Waals surface area contributed by atoms with Crippen LogP contribution in [0.25, 0.3) is 10.9 Å². The Balaban J connectivity index is 1.46. The van der Waals surface area contributed by atoms with Crippen LogP contribution < -0.4 is 38.2 Å². The van der Waals surface area contributed by atoms with E-state index in [1.807, 2.05) is 17.1 Å². The molecule has 20 nitrogen and oxygen atoms in total. The van der Waals surface area contributed by atoms with Crippen molar-refractivity contribution in [3.63, 3.8) is 0 Å². The number of aromatic nitrogens is 3. The number of nitrogens with zero attached hydrogens (tertiary/aromatic N) is 2. The van der Waals surface area contributed by atoms with Crippen LogP contribution in [0.1, 0.15) is 32.6 Å². The average molecular weight is 728 g/mol. The Morgan fingerprint density at radius 1 is 1.04 bits per heavy atom. The Labute approximate surface area is 295 Å². The summed E-state index contributed by atoms with van der Waals surface area (Å²) in [7, 11) is 1.35. The van der Waals surface area contributed by atoms with E-state index in [1.165, 1.54) is 27.8 Å². The monoisotopic (exact) mass is 727 g/mol. The Bertz CT molecular complexity index is 1970. The maximum atomic E-state index is 13.5. The molecule has 8 atom stereocenters. The van der Waals surface area contributed by atoms with E-state index in [9.17, 15) is 48.9 Å². The molecule has 3 heterocycles. The van der Waals surface area contributed by atoms with Crippen molar-refractivity contribution >= 4 is 40.6 Å². The summed E-state index contributed by atoms with van der Waals surface area (Å²) in [6.07, 6.45) is -1.40. The van der Waals surface area contributed by atoms with E-state index >= 15 is 0 Å². The zero-order valence-corrected chi connectivity index (χ0v) is 28.5. The predicted molar refractivity (Wildman–Crippen MR) is 182 cm³/mol. The van der Waals surface area contributed by atoms with Crippen LogP contribution in [0.5, 0.6) is 0 Å². The first-order valence-electron chi connectivity index (χ1n) is 16.0. The van der Waals surface area contributed by atoms with Gasteiger partial charge in [0.25, 0.3) is 5.56 Å². The highest BCUT2D eigenvalue weighted by molar-refractivity contribution is 5.93. The Hall–Kier alpha value is -5.99. The van der Waals surface area contributed by atoms with Crippen molar-refractivity contribution in [3.8, 4) is 0 Å². The summed E-state index contributed by atoms with van der Waals surface area (Å²) in [5.74, 6) is -4.11. The number of aliphatic carboxylic acids is 1. The van der Waals surface area contributed by atoms with Gasteiger partial charge < -0.3 is 56.9 Å². The Morgan fingerprint density at radius 2 is 1.73 bits per heavy atom.